The molecule has 0 fully saturated rings. The van der Waals surface area contributed by atoms with E-state index >= 15 is 0 Å². The van der Waals surface area contributed by atoms with E-state index in [2.05, 4.69) is 0 Å². The normalized spacial score (nSPS) is 37.8. The van der Waals surface area contributed by atoms with Gasteiger partial charge < -0.3 is 5.73 Å². The predicted octanol–water partition coefficient (Wildman–Crippen LogP) is 1.00. The molecule has 2 heteroatoms. The summed E-state index contributed by atoms with van der Waals surface area (Å²) in [4.78, 5) is 0. The van der Waals surface area contributed by atoms with Crippen LogP contribution in [0.2, 0.25) is 0 Å². The summed E-state index contributed by atoms with van der Waals surface area (Å²) in [5, 5.41) is 0. The maximum atomic E-state index is 12.4. The summed E-state index contributed by atoms with van der Waals surface area (Å²) in [6, 6.07) is -0.344. The van der Waals surface area contributed by atoms with Crippen molar-refractivity contribution in [1.82, 2.24) is 0 Å². The van der Waals surface area contributed by atoms with Crippen molar-refractivity contribution in [2.75, 3.05) is 0 Å². The molecular weight excluding hydrogens is 105 g/mol. The lowest BCUT2D eigenvalue weighted by Crippen LogP contribution is -2.31. The molecule has 1 aliphatic carbocycles. The molecule has 0 radical (unpaired) electrons. The second-order valence-corrected chi connectivity index (χ2v) is 2.10. The zero-order chi connectivity index (χ0) is 5.98. The molecule has 0 heterocycles. The van der Waals surface area contributed by atoms with Gasteiger partial charge in [0.15, 0.2) is 0 Å². The smallest absolute Gasteiger partial charge is 0.119 e. The molecule has 0 aliphatic heterocycles. The third kappa shape index (κ3) is 1.07. The molecule has 0 aromatic heterocycles. The summed E-state index contributed by atoms with van der Waals surface area (Å²) in [5.41, 5.74) is 5.32. The van der Waals surface area contributed by atoms with Gasteiger partial charge in [-0.05, 0) is 12.8 Å². The number of hydrogen-bond donors (Lipinski definition) is 1. The highest BCUT2D eigenvalue weighted by Gasteiger charge is 2.15. The van der Waals surface area contributed by atoms with Gasteiger partial charge in [-0.1, -0.05) is 12.2 Å². The lowest BCUT2D eigenvalue weighted by molar-refractivity contribution is 0.283. The van der Waals surface area contributed by atoms with E-state index < -0.39 is 6.17 Å². The van der Waals surface area contributed by atoms with Gasteiger partial charge in [0.1, 0.15) is 6.17 Å². The van der Waals surface area contributed by atoms with Crippen molar-refractivity contribution in [1.29, 1.82) is 0 Å². The van der Waals surface area contributed by atoms with Gasteiger partial charge >= 0.3 is 0 Å². The van der Waals surface area contributed by atoms with Crippen LogP contribution in [0, 0.1) is 0 Å². The Morgan fingerprint density at radius 2 is 2.38 bits per heavy atom. The van der Waals surface area contributed by atoms with E-state index in [9.17, 15) is 4.39 Å². The number of nitrogens with two attached hydrogens (primary N) is 1. The summed E-state index contributed by atoms with van der Waals surface area (Å²) < 4.78 is 12.4. The maximum Gasteiger partial charge on any atom is 0.119 e. The first-order valence-corrected chi connectivity index (χ1v) is 2.87. The molecule has 0 spiro atoms. The lowest BCUT2D eigenvalue weighted by atomic mass is 10.0. The minimum Gasteiger partial charge on any atom is -0.322 e. The fourth-order valence-electron chi connectivity index (χ4n) is 0.822. The first-order valence-electron chi connectivity index (χ1n) is 2.87. The highest BCUT2D eigenvalue weighted by atomic mass is 19.1. The van der Waals surface area contributed by atoms with Crippen LogP contribution in [0.5, 0.6) is 0 Å². The van der Waals surface area contributed by atoms with Crippen molar-refractivity contribution >= 4 is 0 Å². The molecule has 0 saturated heterocycles. The Balaban J connectivity index is 2.47. The number of alkyl halides is 1. The Bertz CT molecular complexity index is 101. The lowest BCUT2D eigenvalue weighted by Gasteiger charge is -2.15. The van der Waals surface area contributed by atoms with Gasteiger partial charge in [0.25, 0.3) is 0 Å². The van der Waals surface area contributed by atoms with Crippen molar-refractivity contribution in [2.24, 2.45) is 5.73 Å². The Morgan fingerprint density at radius 3 is 2.75 bits per heavy atom. The largest absolute Gasteiger partial charge is 0.322 e. The standard InChI is InChI=1S/C6H10FN/c7-5-3-1-2-4-6(5)8/h2,4-6H,1,3,8H2. The molecule has 1 aliphatic rings. The van der Waals surface area contributed by atoms with Crippen LogP contribution in [0.1, 0.15) is 12.8 Å². The van der Waals surface area contributed by atoms with Crippen LogP contribution in [-0.2, 0) is 0 Å². The zero-order valence-corrected chi connectivity index (χ0v) is 4.68. The molecule has 8 heavy (non-hydrogen) atoms. The van der Waals surface area contributed by atoms with Crippen LogP contribution >= 0.6 is 0 Å². The first-order chi connectivity index (χ1) is 3.80. The molecule has 0 aromatic rings. The van der Waals surface area contributed by atoms with E-state index in [4.69, 9.17) is 5.73 Å². The van der Waals surface area contributed by atoms with E-state index in [-0.39, 0.29) is 6.04 Å². The van der Waals surface area contributed by atoms with E-state index in [1.807, 2.05) is 6.08 Å². The van der Waals surface area contributed by atoms with Crippen LogP contribution in [0.25, 0.3) is 0 Å². The van der Waals surface area contributed by atoms with Crippen molar-refractivity contribution in [3.8, 4) is 0 Å². The molecule has 0 amide bonds. The number of rotatable bonds is 0. The second-order valence-electron chi connectivity index (χ2n) is 2.10. The highest BCUT2D eigenvalue weighted by Crippen LogP contribution is 2.12. The monoisotopic (exact) mass is 115 g/mol. The number of allylic oxidation sites excluding steroid dienone is 1. The average molecular weight is 115 g/mol. The third-order valence-electron chi connectivity index (χ3n) is 1.39. The first kappa shape index (κ1) is 5.76. The molecule has 0 aromatic carbocycles. The maximum absolute atomic E-state index is 12.4. The molecule has 0 bridgehead atoms. The Labute approximate surface area is 48.4 Å². The van der Waals surface area contributed by atoms with Gasteiger partial charge in [-0.3, -0.25) is 0 Å². The van der Waals surface area contributed by atoms with Gasteiger partial charge in [-0.2, -0.15) is 0 Å². The van der Waals surface area contributed by atoms with E-state index in [1.54, 1.807) is 6.08 Å². The topological polar surface area (TPSA) is 26.0 Å². The Morgan fingerprint density at radius 1 is 1.62 bits per heavy atom. The van der Waals surface area contributed by atoms with Crippen molar-refractivity contribution < 1.29 is 4.39 Å². The summed E-state index contributed by atoms with van der Waals surface area (Å²) >= 11 is 0. The Kier molecular flexibility index (Phi) is 1.63. The third-order valence-corrected chi connectivity index (χ3v) is 1.39. The summed E-state index contributed by atoms with van der Waals surface area (Å²) in [6.45, 7) is 0. The predicted molar refractivity (Wildman–Crippen MR) is 31.2 cm³/mol. The van der Waals surface area contributed by atoms with Crippen LogP contribution in [0.4, 0.5) is 4.39 Å². The summed E-state index contributed by atoms with van der Waals surface area (Å²) in [5.74, 6) is 0. The quantitative estimate of drug-likeness (QED) is 0.468. The summed E-state index contributed by atoms with van der Waals surface area (Å²) in [6.07, 6.45) is 4.29. The van der Waals surface area contributed by atoms with Crippen LogP contribution in [0.3, 0.4) is 0 Å². The highest BCUT2D eigenvalue weighted by molar-refractivity contribution is 5.00. The molecule has 2 atom stereocenters. The van der Waals surface area contributed by atoms with Crippen LogP contribution in [0.15, 0.2) is 12.2 Å². The second kappa shape index (κ2) is 2.27. The molecule has 1 rings (SSSR count). The SMILES string of the molecule is NC1C=CCCC1F. The van der Waals surface area contributed by atoms with E-state index in [0.717, 1.165) is 6.42 Å². The molecular formula is C6H10FN. The molecule has 0 saturated carbocycles. The van der Waals surface area contributed by atoms with Crippen LogP contribution < -0.4 is 5.73 Å². The van der Waals surface area contributed by atoms with E-state index in [0.29, 0.717) is 6.42 Å². The fraction of sp³-hybridized carbons (Fsp3) is 0.667. The van der Waals surface area contributed by atoms with Gasteiger partial charge in [-0.15, -0.1) is 0 Å². The van der Waals surface area contributed by atoms with Crippen molar-refractivity contribution in [3.63, 3.8) is 0 Å². The van der Waals surface area contributed by atoms with Gasteiger partial charge in [-0.25, -0.2) is 4.39 Å². The molecule has 1 nitrogen and oxygen atoms in total. The Hall–Kier alpha value is -0.370. The fourth-order valence-corrected chi connectivity index (χ4v) is 0.822. The van der Waals surface area contributed by atoms with Gasteiger partial charge in [0, 0.05) is 0 Å². The average Bonchev–Trinajstić information content (AvgIpc) is 1.77. The number of hydrogen-bond acceptors (Lipinski definition) is 1. The van der Waals surface area contributed by atoms with Crippen LogP contribution in [-0.4, -0.2) is 12.2 Å². The van der Waals surface area contributed by atoms with Crippen molar-refractivity contribution in [2.45, 2.75) is 25.1 Å². The van der Waals surface area contributed by atoms with Gasteiger partial charge in [0.05, 0.1) is 6.04 Å². The summed E-state index contributed by atoms with van der Waals surface area (Å²) in [7, 11) is 0. The molecule has 2 unspecified atom stereocenters. The molecule has 46 valence electrons. The number of halogens is 1. The van der Waals surface area contributed by atoms with Gasteiger partial charge in [0.2, 0.25) is 0 Å². The zero-order valence-electron chi connectivity index (χ0n) is 4.68. The minimum absolute atomic E-state index is 0.344. The van der Waals surface area contributed by atoms with Crippen molar-refractivity contribution in [3.05, 3.63) is 12.2 Å². The molecule has 2 N–H and O–H groups in total. The van der Waals surface area contributed by atoms with E-state index in [1.165, 1.54) is 0 Å². The minimum atomic E-state index is -0.806.